The summed E-state index contributed by atoms with van der Waals surface area (Å²) >= 11 is 0. The van der Waals surface area contributed by atoms with E-state index in [1.807, 2.05) is 0 Å². The molecule has 1 amide bonds. The molecule has 0 spiro atoms. The molecule has 0 unspecified atom stereocenters. The summed E-state index contributed by atoms with van der Waals surface area (Å²) in [6.07, 6.45) is 2.63. The number of aromatic nitrogens is 2. The second kappa shape index (κ2) is 8.26. The van der Waals surface area contributed by atoms with Gasteiger partial charge in [0, 0.05) is 23.8 Å². The van der Waals surface area contributed by atoms with E-state index in [0.717, 1.165) is 12.1 Å². The van der Waals surface area contributed by atoms with Crippen molar-refractivity contribution < 1.29 is 23.7 Å². The molecule has 0 saturated carbocycles. The average molecular weight is 436 g/mol. The Kier molecular flexibility index (Phi) is 5.34. The van der Waals surface area contributed by atoms with Gasteiger partial charge in [0.05, 0.1) is 16.1 Å². The number of halogens is 2. The third kappa shape index (κ3) is 4.15. The van der Waals surface area contributed by atoms with Gasteiger partial charge >= 0.3 is 0 Å². The van der Waals surface area contributed by atoms with Gasteiger partial charge in [-0.25, -0.2) is 13.8 Å². The Hall–Kier alpha value is -4.60. The van der Waals surface area contributed by atoms with Crippen molar-refractivity contribution in [2.24, 2.45) is 0 Å². The molecule has 0 fully saturated rings. The monoisotopic (exact) mass is 436 g/mol. The number of benzene rings is 3. The molecule has 8 nitrogen and oxygen atoms in total. The van der Waals surface area contributed by atoms with Crippen molar-refractivity contribution in [3.8, 4) is 11.4 Å². The molecular weight excluding hydrogens is 422 g/mol. The summed E-state index contributed by atoms with van der Waals surface area (Å²) in [7, 11) is 0. The lowest BCUT2D eigenvalue weighted by Gasteiger charge is -2.06. The van der Waals surface area contributed by atoms with Gasteiger partial charge in [-0.15, -0.1) is 0 Å². The molecule has 1 aromatic heterocycles. The highest BCUT2D eigenvalue weighted by molar-refractivity contribution is 6.02. The van der Waals surface area contributed by atoms with Gasteiger partial charge in [0.1, 0.15) is 17.2 Å². The van der Waals surface area contributed by atoms with Gasteiger partial charge in [-0.05, 0) is 48.0 Å². The van der Waals surface area contributed by atoms with Crippen LogP contribution in [0.3, 0.4) is 0 Å². The normalized spacial score (nSPS) is 11.2. The van der Waals surface area contributed by atoms with E-state index in [9.17, 15) is 28.9 Å². The highest BCUT2D eigenvalue weighted by Crippen LogP contribution is 2.28. The Morgan fingerprint density at radius 1 is 1.09 bits per heavy atom. The number of nitro groups is 1. The number of nitrogens with one attached hydrogen (secondary N) is 1. The lowest BCUT2D eigenvalue weighted by Crippen LogP contribution is -2.09. The molecule has 0 aliphatic carbocycles. The van der Waals surface area contributed by atoms with E-state index < -0.39 is 22.5 Å². The molecule has 160 valence electrons. The van der Waals surface area contributed by atoms with Gasteiger partial charge in [0.15, 0.2) is 5.82 Å². The van der Waals surface area contributed by atoms with E-state index >= 15 is 0 Å². The number of hydrogen-bond donors (Lipinski definition) is 2. The van der Waals surface area contributed by atoms with Crippen LogP contribution in [-0.4, -0.2) is 25.8 Å². The van der Waals surface area contributed by atoms with Crippen LogP contribution in [0.15, 0.2) is 66.7 Å². The molecule has 32 heavy (non-hydrogen) atoms. The predicted molar refractivity (Wildman–Crippen MR) is 113 cm³/mol. The average Bonchev–Trinajstić information content (AvgIpc) is 3.10. The fourth-order valence-electron chi connectivity index (χ4n) is 3.03. The van der Waals surface area contributed by atoms with E-state index in [4.69, 9.17) is 0 Å². The highest BCUT2D eigenvalue weighted by atomic mass is 19.1. The van der Waals surface area contributed by atoms with Crippen LogP contribution in [0.2, 0.25) is 0 Å². The molecule has 10 heteroatoms. The summed E-state index contributed by atoms with van der Waals surface area (Å²) < 4.78 is 28.1. The maximum Gasteiger partial charge on any atom is 0.271 e. The molecule has 1 heterocycles. The van der Waals surface area contributed by atoms with Crippen molar-refractivity contribution in [2.75, 3.05) is 5.32 Å². The number of amides is 1. The minimum atomic E-state index is -0.774. The number of rotatable bonds is 5. The van der Waals surface area contributed by atoms with Gasteiger partial charge in [0.2, 0.25) is 5.91 Å². The first-order valence-corrected chi connectivity index (χ1v) is 9.22. The Balaban J connectivity index is 1.55. The first kappa shape index (κ1) is 20.7. The van der Waals surface area contributed by atoms with Crippen molar-refractivity contribution >= 4 is 34.4 Å². The van der Waals surface area contributed by atoms with Crippen molar-refractivity contribution in [3.05, 3.63) is 94.1 Å². The van der Waals surface area contributed by atoms with Crippen LogP contribution in [-0.2, 0) is 4.79 Å². The molecule has 0 aliphatic heterocycles. The van der Waals surface area contributed by atoms with Gasteiger partial charge in [0.25, 0.3) is 5.69 Å². The zero-order valence-electron chi connectivity index (χ0n) is 16.2. The second-order valence-corrected chi connectivity index (χ2v) is 6.75. The van der Waals surface area contributed by atoms with Gasteiger partial charge in [-0.2, -0.15) is 4.73 Å². The van der Waals surface area contributed by atoms with Crippen molar-refractivity contribution in [1.29, 1.82) is 0 Å². The fraction of sp³-hybridized carbons (Fsp3) is 0. The van der Waals surface area contributed by atoms with Crippen molar-refractivity contribution in [3.63, 3.8) is 0 Å². The summed E-state index contributed by atoms with van der Waals surface area (Å²) in [6.45, 7) is 0. The number of carbonyl (C=O) groups excluding carboxylic acids is 1. The third-order valence-corrected chi connectivity index (χ3v) is 4.61. The number of imidazole rings is 1. The van der Waals surface area contributed by atoms with Gasteiger partial charge in [-0.3, -0.25) is 14.9 Å². The van der Waals surface area contributed by atoms with Crippen molar-refractivity contribution in [1.82, 2.24) is 9.71 Å². The Labute approximate surface area is 179 Å². The van der Waals surface area contributed by atoms with E-state index in [1.165, 1.54) is 60.7 Å². The third-order valence-electron chi connectivity index (χ3n) is 4.61. The predicted octanol–water partition coefficient (Wildman–Crippen LogP) is 4.78. The summed E-state index contributed by atoms with van der Waals surface area (Å²) in [6, 6.07) is 13.1. The van der Waals surface area contributed by atoms with Crippen LogP contribution < -0.4 is 5.32 Å². The minimum absolute atomic E-state index is 0.0199. The molecule has 0 atom stereocenters. The molecule has 4 rings (SSSR count). The molecule has 0 aliphatic rings. The van der Waals surface area contributed by atoms with E-state index in [1.54, 1.807) is 0 Å². The minimum Gasteiger partial charge on any atom is -0.426 e. The van der Waals surface area contributed by atoms with Crippen LogP contribution in [0.5, 0.6) is 0 Å². The van der Waals surface area contributed by atoms with E-state index in [-0.39, 0.29) is 33.8 Å². The zero-order chi connectivity index (χ0) is 22.8. The number of nitro benzene ring substituents is 1. The maximum absolute atomic E-state index is 14.6. The van der Waals surface area contributed by atoms with Crippen LogP contribution in [0.1, 0.15) is 5.56 Å². The summed E-state index contributed by atoms with van der Waals surface area (Å²) in [5, 5.41) is 23.7. The molecular formula is C22H14F2N4O4. The van der Waals surface area contributed by atoms with Crippen LogP contribution in [0, 0.1) is 21.7 Å². The van der Waals surface area contributed by atoms with Crippen LogP contribution in [0.25, 0.3) is 28.5 Å². The Morgan fingerprint density at radius 3 is 2.53 bits per heavy atom. The van der Waals surface area contributed by atoms with Crippen LogP contribution in [0.4, 0.5) is 20.2 Å². The first-order chi connectivity index (χ1) is 15.3. The number of anilines is 1. The maximum atomic E-state index is 14.6. The highest BCUT2D eigenvalue weighted by Gasteiger charge is 2.17. The molecule has 0 radical (unpaired) electrons. The second-order valence-electron chi connectivity index (χ2n) is 6.75. The van der Waals surface area contributed by atoms with Gasteiger partial charge in [-0.1, -0.05) is 12.1 Å². The molecule has 0 saturated heterocycles. The molecule has 0 bridgehead atoms. The molecule has 3 aromatic carbocycles. The number of non-ortho nitro benzene ring substituents is 1. The smallest absolute Gasteiger partial charge is 0.271 e. The van der Waals surface area contributed by atoms with Crippen molar-refractivity contribution in [2.45, 2.75) is 0 Å². The number of fused-ring (bicyclic) bond motifs is 1. The van der Waals surface area contributed by atoms with Crippen LogP contribution >= 0.6 is 0 Å². The number of hydrogen-bond acceptors (Lipinski definition) is 5. The van der Waals surface area contributed by atoms with E-state index in [2.05, 4.69) is 10.3 Å². The summed E-state index contributed by atoms with van der Waals surface area (Å²) in [5.74, 6) is -1.79. The molecule has 4 aromatic rings. The zero-order valence-corrected chi connectivity index (χ0v) is 16.2. The molecule has 2 N–H and O–H groups in total. The SMILES string of the molecule is O=C(C=Cc1ccc(F)cc1)Nc1ccc(-c2nc3ccc([N+](=O)[O-])cc3n2O)cc1F. The topological polar surface area (TPSA) is 110 Å². The lowest BCUT2D eigenvalue weighted by molar-refractivity contribution is -0.384. The van der Waals surface area contributed by atoms with Gasteiger partial charge < -0.3 is 10.5 Å². The standard InChI is InChI=1S/C22H14F2N4O4/c23-15-5-1-13(2-6-15)3-10-21(29)25-18-8-4-14(11-17(18)24)22-26-19-9-7-16(28(31)32)12-20(19)27(22)30/h1-12,30H,(H,25,29). The Morgan fingerprint density at radius 2 is 1.84 bits per heavy atom. The number of nitrogens with zero attached hydrogens (tertiary/aromatic N) is 3. The van der Waals surface area contributed by atoms with E-state index in [0.29, 0.717) is 10.3 Å². The quantitative estimate of drug-likeness (QED) is 0.203. The first-order valence-electron chi connectivity index (χ1n) is 9.22. The summed E-state index contributed by atoms with van der Waals surface area (Å²) in [5.41, 5.74) is 0.855. The Bertz CT molecular complexity index is 1380. The fourth-order valence-corrected chi connectivity index (χ4v) is 3.03. The number of carbonyl (C=O) groups is 1. The summed E-state index contributed by atoms with van der Waals surface area (Å²) in [4.78, 5) is 26.6. The lowest BCUT2D eigenvalue weighted by atomic mass is 10.2. The largest absolute Gasteiger partial charge is 0.426 e.